The maximum atomic E-state index is 12.4. The first kappa shape index (κ1) is 17.0. The van der Waals surface area contributed by atoms with E-state index in [2.05, 4.69) is 27.3 Å². The largest absolute Gasteiger partial charge is 0.343 e. The Morgan fingerprint density at radius 1 is 1.17 bits per heavy atom. The van der Waals surface area contributed by atoms with E-state index in [1.54, 1.807) is 23.1 Å². The van der Waals surface area contributed by atoms with Crippen LogP contribution >= 0.6 is 27.5 Å². The molecule has 6 heteroatoms. The van der Waals surface area contributed by atoms with Crippen molar-refractivity contribution in [3.63, 3.8) is 0 Å². The van der Waals surface area contributed by atoms with Crippen LogP contribution in [0.2, 0.25) is 5.02 Å². The monoisotopic (exact) mass is 406 g/mol. The highest BCUT2D eigenvalue weighted by Gasteiger charge is 2.21. The van der Waals surface area contributed by atoms with Crippen molar-refractivity contribution in [1.82, 2.24) is 10.2 Å². The predicted molar refractivity (Wildman–Crippen MR) is 97.0 cm³/mol. The number of fused-ring (bicyclic) bond motifs is 1. The molecule has 0 spiro atoms. The summed E-state index contributed by atoms with van der Waals surface area (Å²) in [6.07, 6.45) is 0.843. The molecule has 0 aromatic heterocycles. The van der Waals surface area contributed by atoms with Gasteiger partial charge in [0, 0.05) is 22.6 Å². The van der Waals surface area contributed by atoms with Crippen molar-refractivity contribution in [1.29, 1.82) is 0 Å². The molecule has 4 nitrogen and oxygen atoms in total. The van der Waals surface area contributed by atoms with E-state index >= 15 is 0 Å². The standard InChI is InChI=1S/C18H16BrClN2O2/c19-16-6-5-14(20)9-15(16)18(24)21-10-17(23)22-8-7-12-3-1-2-4-13(12)11-22/h1-6,9H,7-8,10-11H2,(H,21,24). The van der Waals surface area contributed by atoms with Crippen LogP contribution in [-0.4, -0.2) is 29.8 Å². The van der Waals surface area contributed by atoms with E-state index in [0.717, 1.165) is 6.42 Å². The first-order valence-electron chi connectivity index (χ1n) is 7.62. The molecule has 2 aromatic carbocycles. The van der Waals surface area contributed by atoms with E-state index in [-0.39, 0.29) is 18.4 Å². The Morgan fingerprint density at radius 3 is 2.71 bits per heavy atom. The topological polar surface area (TPSA) is 49.4 Å². The van der Waals surface area contributed by atoms with Crippen molar-refractivity contribution >= 4 is 39.3 Å². The van der Waals surface area contributed by atoms with Gasteiger partial charge in [-0.3, -0.25) is 9.59 Å². The zero-order chi connectivity index (χ0) is 17.1. The van der Waals surface area contributed by atoms with Crippen LogP contribution in [0.5, 0.6) is 0 Å². The Labute approximate surface area is 153 Å². The highest BCUT2D eigenvalue weighted by atomic mass is 79.9. The summed E-state index contributed by atoms with van der Waals surface area (Å²) >= 11 is 9.24. The third-order valence-electron chi connectivity index (χ3n) is 4.06. The van der Waals surface area contributed by atoms with E-state index in [9.17, 15) is 9.59 Å². The fourth-order valence-corrected chi connectivity index (χ4v) is 3.34. The molecule has 124 valence electrons. The summed E-state index contributed by atoms with van der Waals surface area (Å²) in [6.45, 7) is 1.23. The third kappa shape index (κ3) is 3.79. The zero-order valence-electron chi connectivity index (χ0n) is 12.9. The Hall–Kier alpha value is -1.85. The summed E-state index contributed by atoms with van der Waals surface area (Å²) in [5.41, 5.74) is 2.87. The molecule has 0 atom stereocenters. The van der Waals surface area contributed by atoms with Gasteiger partial charge in [-0.25, -0.2) is 0 Å². The van der Waals surface area contributed by atoms with Crippen LogP contribution in [0.1, 0.15) is 21.5 Å². The van der Waals surface area contributed by atoms with Crippen molar-refractivity contribution in [3.05, 3.63) is 68.7 Å². The summed E-state index contributed by atoms with van der Waals surface area (Å²) in [4.78, 5) is 26.4. The van der Waals surface area contributed by atoms with Crippen LogP contribution in [0.15, 0.2) is 46.9 Å². The molecule has 0 fully saturated rings. The molecule has 1 aliphatic heterocycles. The summed E-state index contributed by atoms with van der Waals surface area (Å²) in [7, 11) is 0. The van der Waals surface area contributed by atoms with Crippen LogP contribution in [0.4, 0.5) is 0 Å². The SMILES string of the molecule is O=C(NCC(=O)N1CCc2ccccc2C1)c1cc(Cl)ccc1Br. The number of halogens is 2. The lowest BCUT2D eigenvalue weighted by atomic mass is 10.00. The van der Waals surface area contributed by atoms with Crippen molar-refractivity contribution < 1.29 is 9.59 Å². The number of nitrogens with zero attached hydrogens (tertiary/aromatic N) is 1. The van der Waals surface area contributed by atoms with Crippen LogP contribution in [-0.2, 0) is 17.8 Å². The molecule has 2 amide bonds. The van der Waals surface area contributed by atoms with Gasteiger partial charge in [-0.1, -0.05) is 35.9 Å². The lowest BCUT2D eigenvalue weighted by Crippen LogP contribution is -2.42. The van der Waals surface area contributed by atoms with E-state index in [1.165, 1.54) is 11.1 Å². The van der Waals surface area contributed by atoms with Gasteiger partial charge in [0.05, 0.1) is 12.1 Å². The molecule has 1 N–H and O–H groups in total. The number of hydrogen-bond acceptors (Lipinski definition) is 2. The number of amides is 2. The van der Waals surface area contributed by atoms with Crippen molar-refractivity contribution in [2.24, 2.45) is 0 Å². The summed E-state index contributed by atoms with van der Waals surface area (Å²) < 4.78 is 0.642. The maximum absolute atomic E-state index is 12.4. The van der Waals surface area contributed by atoms with Gasteiger partial charge in [-0.15, -0.1) is 0 Å². The molecule has 1 aliphatic rings. The second kappa shape index (κ2) is 7.36. The minimum atomic E-state index is -0.324. The van der Waals surface area contributed by atoms with Gasteiger partial charge < -0.3 is 10.2 Å². The first-order chi connectivity index (χ1) is 11.5. The van der Waals surface area contributed by atoms with Gasteiger partial charge >= 0.3 is 0 Å². The van der Waals surface area contributed by atoms with Gasteiger partial charge in [0.1, 0.15) is 0 Å². The number of carbonyl (C=O) groups excluding carboxylic acids is 2. The molecular weight excluding hydrogens is 392 g/mol. The normalized spacial score (nSPS) is 13.3. The quantitative estimate of drug-likeness (QED) is 0.847. The van der Waals surface area contributed by atoms with Crippen molar-refractivity contribution in [2.75, 3.05) is 13.1 Å². The van der Waals surface area contributed by atoms with Crippen LogP contribution in [0, 0.1) is 0 Å². The van der Waals surface area contributed by atoms with Gasteiger partial charge in [0.25, 0.3) is 5.91 Å². The molecule has 0 bridgehead atoms. The molecular formula is C18H16BrClN2O2. The molecule has 0 aliphatic carbocycles. The molecule has 3 rings (SSSR count). The number of nitrogens with one attached hydrogen (secondary N) is 1. The predicted octanol–water partition coefficient (Wildman–Crippen LogP) is 3.42. The molecule has 1 heterocycles. The van der Waals surface area contributed by atoms with Crippen LogP contribution in [0.25, 0.3) is 0 Å². The van der Waals surface area contributed by atoms with Gasteiger partial charge in [0.15, 0.2) is 0 Å². The Balaban J connectivity index is 1.60. The Bertz CT molecular complexity index is 794. The summed E-state index contributed by atoms with van der Waals surface area (Å²) in [5.74, 6) is -0.411. The number of benzene rings is 2. The molecule has 0 unspecified atom stereocenters. The molecule has 2 aromatic rings. The van der Waals surface area contributed by atoms with E-state index in [0.29, 0.717) is 28.1 Å². The fraction of sp³-hybridized carbons (Fsp3) is 0.222. The van der Waals surface area contributed by atoms with Crippen molar-refractivity contribution in [2.45, 2.75) is 13.0 Å². The van der Waals surface area contributed by atoms with Gasteiger partial charge in [0.2, 0.25) is 5.91 Å². The zero-order valence-corrected chi connectivity index (χ0v) is 15.2. The van der Waals surface area contributed by atoms with Crippen molar-refractivity contribution in [3.8, 4) is 0 Å². The lowest BCUT2D eigenvalue weighted by Gasteiger charge is -2.29. The minimum Gasteiger partial charge on any atom is -0.343 e. The van der Waals surface area contributed by atoms with Gasteiger partial charge in [-0.05, 0) is 51.7 Å². The van der Waals surface area contributed by atoms with Gasteiger partial charge in [-0.2, -0.15) is 0 Å². The molecule has 24 heavy (non-hydrogen) atoms. The smallest absolute Gasteiger partial charge is 0.252 e. The molecule has 0 saturated heterocycles. The number of carbonyl (C=O) groups is 2. The van der Waals surface area contributed by atoms with Crippen LogP contribution < -0.4 is 5.32 Å². The van der Waals surface area contributed by atoms with E-state index in [1.807, 2.05) is 18.2 Å². The molecule has 0 radical (unpaired) electrons. The second-order valence-electron chi connectivity index (χ2n) is 5.64. The first-order valence-corrected chi connectivity index (χ1v) is 8.79. The lowest BCUT2D eigenvalue weighted by molar-refractivity contribution is -0.131. The van der Waals surface area contributed by atoms with E-state index in [4.69, 9.17) is 11.6 Å². The Morgan fingerprint density at radius 2 is 1.92 bits per heavy atom. The average molecular weight is 408 g/mol. The maximum Gasteiger partial charge on any atom is 0.252 e. The minimum absolute atomic E-state index is 0.0278. The van der Waals surface area contributed by atoms with Crippen LogP contribution in [0.3, 0.4) is 0 Å². The molecule has 0 saturated carbocycles. The number of hydrogen-bond donors (Lipinski definition) is 1. The highest BCUT2D eigenvalue weighted by Crippen LogP contribution is 2.21. The Kier molecular flexibility index (Phi) is 5.21. The average Bonchev–Trinajstić information content (AvgIpc) is 2.61. The summed E-state index contributed by atoms with van der Waals surface area (Å²) in [6, 6.07) is 13.1. The fourth-order valence-electron chi connectivity index (χ4n) is 2.74. The number of rotatable bonds is 3. The third-order valence-corrected chi connectivity index (χ3v) is 4.98. The second-order valence-corrected chi connectivity index (χ2v) is 6.93. The highest BCUT2D eigenvalue weighted by molar-refractivity contribution is 9.10. The van der Waals surface area contributed by atoms with E-state index < -0.39 is 0 Å². The summed E-state index contributed by atoms with van der Waals surface area (Å²) in [5, 5.41) is 3.14.